The van der Waals surface area contributed by atoms with Gasteiger partial charge in [-0.25, -0.2) is 13.6 Å². The summed E-state index contributed by atoms with van der Waals surface area (Å²) in [6, 6.07) is 1.82. The molecule has 0 spiro atoms. The molecule has 158 valence electrons. The zero-order chi connectivity index (χ0) is 21.8. The quantitative estimate of drug-likeness (QED) is 0.650. The molecule has 0 bridgehead atoms. The summed E-state index contributed by atoms with van der Waals surface area (Å²) in [5, 5.41) is 18.3. The van der Waals surface area contributed by atoms with E-state index in [-0.39, 0.29) is 22.9 Å². The average molecular weight is 431 g/mol. The van der Waals surface area contributed by atoms with E-state index in [0.29, 0.717) is 6.07 Å². The van der Waals surface area contributed by atoms with Crippen LogP contribution in [0.5, 0.6) is 0 Å². The first-order chi connectivity index (χ1) is 13.5. The number of halogens is 3. The van der Waals surface area contributed by atoms with Crippen LogP contribution in [0.2, 0.25) is 5.02 Å². The molecule has 0 aliphatic rings. The summed E-state index contributed by atoms with van der Waals surface area (Å²) in [5.74, 6) is -1.75. The minimum atomic E-state index is -0.874. The van der Waals surface area contributed by atoms with Crippen molar-refractivity contribution in [2.45, 2.75) is 32.4 Å². The van der Waals surface area contributed by atoms with Gasteiger partial charge in [-0.05, 0) is 32.9 Å². The van der Waals surface area contributed by atoms with Crippen molar-refractivity contribution in [3.05, 3.63) is 51.4 Å². The fourth-order valence-corrected chi connectivity index (χ4v) is 2.46. The molecule has 0 saturated heterocycles. The molecular weight excluding hydrogens is 410 g/mol. The molecule has 0 aliphatic heterocycles. The van der Waals surface area contributed by atoms with Gasteiger partial charge in [-0.3, -0.25) is 4.79 Å². The van der Waals surface area contributed by atoms with Crippen molar-refractivity contribution in [1.29, 1.82) is 0 Å². The number of carbonyl (C=O) groups excluding carboxylic acids is 1. The molecule has 0 radical (unpaired) electrons. The van der Waals surface area contributed by atoms with Gasteiger partial charge in [0.1, 0.15) is 22.3 Å². The predicted octanol–water partition coefficient (Wildman–Crippen LogP) is 2.46. The second-order valence-electron chi connectivity index (χ2n) is 7.12. The van der Waals surface area contributed by atoms with Crippen LogP contribution >= 0.6 is 11.6 Å². The van der Waals surface area contributed by atoms with Gasteiger partial charge in [0, 0.05) is 12.6 Å². The van der Waals surface area contributed by atoms with Crippen LogP contribution in [0.25, 0.3) is 5.69 Å². The number of aromatic nitrogens is 2. The summed E-state index contributed by atoms with van der Waals surface area (Å²) >= 11 is 6.06. The molecule has 8 nitrogen and oxygen atoms in total. The molecule has 0 aliphatic carbocycles. The van der Waals surface area contributed by atoms with Crippen LogP contribution in [0.3, 0.4) is 0 Å². The van der Waals surface area contributed by atoms with Crippen molar-refractivity contribution < 1.29 is 23.4 Å². The molecular formula is C18H21ClF2N4O4. The summed E-state index contributed by atoms with van der Waals surface area (Å²) in [5.41, 5.74) is -1.56. The van der Waals surface area contributed by atoms with Gasteiger partial charge in [-0.15, -0.1) is 0 Å². The fraction of sp³-hybridized carbons (Fsp3) is 0.389. The number of anilines is 1. The molecule has 1 unspecified atom stereocenters. The first-order valence-corrected chi connectivity index (χ1v) is 8.96. The number of alkyl carbamates (subject to hydrolysis) is 1. The van der Waals surface area contributed by atoms with Gasteiger partial charge < -0.3 is 20.5 Å². The Morgan fingerprint density at radius 1 is 1.31 bits per heavy atom. The highest BCUT2D eigenvalue weighted by molar-refractivity contribution is 6.33. The SMILES string of the molecule is CC(C)(C)OC(=O)NCC(CO)Nc1cnn(-c2cc(F)cc(F)c2)c(=O)c1Cl. The number of hydrogen-bond acceptors (Lipinski definition) is 6. The average Bonchev–Trinajstić information content (AvgIpc) is 2.59. The van der Waals surface area contributed by atoms with Gasteiger partial charge >= 0.3 is 6.09 Å². The maximum atomic E-state index is 13.4. The molecule has 0 fully saturated rings. The molecule has 3 N–H and O–H groups in total. The largest absolute Gasteiger partial charge is 0.444 e. The Morgan fingerprint density at radius 2 is 1.93 bits per heavy atom. The molecule has 0 saturated carbocycles. The van der Waals surface area contributed by atoms with Crippen molar-refractivity contribution >= 4 is 23.4 Å². The van der Waals surface area contributed by atoms with Crippen LogP contribution in [0.1, 0.15) is 20.8 Å². The van der Waals surface area contributed by atoms with E-state index in [4.69, 9.17) is 16.3 Å². The van der Waals surface area contributed by atoms with Crippen LogP contribution in [0.15, 0.2) is 29.2 Å². The highest BCUT2D eigenvalue weighted by Crippen LogP contribution is 2.18. The van der Waals surface area contributed by atoms with E-state index >= 15 is 0 Å². The van der Waals surface area contributed by atoms with Gasteiger partial charge in [0.2, 0.25) is 0 Å². The van der Waals surface area contributed by atoms with Crippen molar-refractivity contribution in [3.63, 3.8) is 0 Å². The second kappa shape index (κ2) is 9.19. The monoisotopic (exact) mass is 430 g/mol. The summed E-state index contributed by atoms with van der Waals surface area (Å²) in [7, 11) is 0. The molecule has 29 heavy (non-hydrogen) atoms. The third-order valence-corrected chi connectivity index (χ3v) is 3.85. The lowest BCUT2D eigenvalue weighted by atomic mass is 10.2. The summed E-state index contributed by atoms with van der Waals surface area (Å²) < 4.78 is 32.6. The van der Waals surface area contributed by atoms with E-state index in [1.165, 1.54) is 6.20 Å². The van der Waals surface area contributed by atoms with Gasteiger partial charge in [0.15, 0.2) is 0 Å². The number of carbonyl (C=O) groups is 1. The number of nitrogens with one attached hydrogen (secondary N) is 2. The molecule has 1 aromatic carbocycles. The summed E-state index contributed by atoms with van der Waals surface area (Å²) in [6.45, 7) is 4.70. The number of benzene rings is 1. The number of nitrogens with zero attached hydrogens (tertiary/aromatic N) is 2. The van der Waals surface area contributed by atoms with E-state index in [9.17, 15) is 23.5 Å². The molecule has 1 aromatic heterocycles. The van der Waals surface area contributed by atoms with Crippen molar-refractivity contribution in [2.24, 2.45) is 0 Å². The van der Waals surface area contributed by atoms with Crippen LogP contribution in [0.4, 0.5) is 19.3 Å². The lowest BCUT2D eigenvalue weighted by Gasteiger charge is -2.22. The molecule has 1 atom stereocenters. The predicted molar refractivity (Wildman–Crippen MR) is 103 cm³/mol. The van der Waals surface area contributed by atoms with Crippen molar-refractivity contribution in [1.82, 2.24) is 15.1 Å². The lowest BCUT2D eigenvalue weighted by Crippen LogP contribution is -2.41. The van der Waals surface area contributed by atoms with E-state index in [1.54, 1.807) is 20.8 Å². The zero-order valence-corrected chi connectivity index (χ0v) is 16.8. The third kappa shape index (κ3) is 6.40. The smallest absolute Gasteiger partial charge is 0.407 e. The van der Waals surface area contributed by atoms with Crippen molar-refractivity contribution in [3.8, 4) is 5.69 Å². The Hall–Kier alpha value is -2.72. The molecule has 1 amide bonds. The van der Waals surface area contributed by atoms with E-state index in [0.717, 1.165) is 16.8 Å². The Morgan fingerprint density at radius 3 is 2.48 bits per heavy atom. The number of rotatable bonds is 6. The third-order valence-electron chi connectivity index (χ3n) is 3.48. The van der Waals surface area contributed by atoms with E-state index < -0.39 is 41.5 Å². The van der Waals surface area contributed by atoms with Gasteiger partial charge in [-0.1, -0.05) is 11.6 Å². The molecule has 2 aromatic rings. The van der Waals surface area contributed by atoms with Crippen LogP contribution in [-0.4, -0.2) is 45.8 Å². The molecule has 1 heterocycles. The summed E-state index contributed by atoms with van der Waals surface area (Å²) in [4.78, 5) is 24.1. The summed E-state index contributed by atoms with van der Waals surface area (Å²) in [6.07, 6.45) is 0.494. The Labute approximate surface area is 170 Å². The number of hydrogen-bond donors (Lipinski definition) is 3. The highest BCUT2D eigenvalue weighted by atomic mass is 35.5. The van der Waals surface area contributed by atoms with Crippen LogP contribution in [0, 0.1) is 11.6 Å². The fourth-order valence-electron chi connectivity index (χ4n) is 2.28. The van der Waals surface area contributed by atoms with Gasteiger partial charge in [0.25, 0.3) is 5.56 Å². The number of aliphatic hydroxyl groups excluding tert-OH is 1. The Balaban J connectivity index is 2.15. The van der Waals surface area contributed by atoms with Gasteiger partial charge in [0.05, 0.1) is 30.2 Å². The normalized spacial score (nSPS) is 12.4. The minimum absolute atomic E-state index is 0.0278. The maximum absolute atomic E-state index is 13.4. The van der Waals surface area contributed by atoms with E-state index in [2.05, 4.69) is 15.7 Å². The Kier molecular flexibility index (Phi) is 7.15. The molecule has 11 heteroatoms. The standard InChI is InChI=1S/C18H21ClF2N4O4/c1-18(2,3)29-17(28)22-7-12(9-26)24-14-8-23-25(16(27)15(14)19)13-5-10(20)4-11(21)6-13/h4-6,8,12,24,26H,7,9H2,1-3H3,(H,22,28). The minimum Gasteiger partial charge on any atom is -0.444 e. The highest BCUT2D eigenvalue weighted by Gasteiger charge is 2.19. The van der Waals surface area contributed by atoms with E-state index in [1.807, 2.05) is 0 Å². The van der Waals surface area contributed by atoms with Crippen LogP contribution < -0.4 is 16.2 Å². The number of aliphatic hydroxyl groups is 1. The lowest BCUT2D eigenvalue weighted by molar-refractivity contribution is 0.0522. The first kappa shape index (κ1) is 22.6. The zero-order valence-electron chi connectivity index (χ0n) is 16.0. The number of ether oxygens (including phenoxy) is 1. The van der Waals surface area contributed by atoms with Gasteiger partial charge in [-0.2, -0.15) is 9.78 Å². The maximum Gasteiger partial charge on any atom is 0.407 e. The topological polar surface area (TPSA) is 105 Å². The Bertz CT molecular complexity index is 926. The van der Waals surface area contributed by atoms with Crippen molar-refractivity contribution in [2.75, 3.05) is 18.5 Å². The second-order valence-corrected chi connectivity index (χ2v) is 7.50. The molecule has 2 rings (SSSR count). The van der Waals surface area contributed by atoms with Crippen LogP contribution in [-0.2, 0) is 4.74 Å². The number of amides is 1. The first-order valence-electron chi connectivity index (χ1n) is 8.58.